The van der Waals surface area contributed by atoms with E-state index in [1.54, 1.807) is 0 Å². The van der Waals surface area contributed by atoms with Crippen LogP contribution in [0.2, 0.25) is 0 Å². The van der Waals surface area contributed by atoms with Crippen LogP contribution in [0.15, 0.2) is 0 Å². The third-order valence-corrected chi connectivity index (χ3v) is 2.44. The molecule has 1 aliphatic heterocycles. The molecular weight excluding hydrogens is 124 g/mol. The maximum atomic E-state index is 12.7. The maximum Gasteiger partial charge on any atom is 0.267 e. The van der Waals surface area contributed by atoms with Crippen LogP contribution in [0, 0.1) is 5.41 Å². The molecular formula is C6H9F2N. The minimum atomic E-state index is -2.41. The maximum absolute atomic E-state index is 12.7. The second-order valence-electron chi connectivity index (χ2n) is 3.09. The molecule has 0 unspecified atom stereocenters. The highest BCUT2D eigenvalue weighted by Crippen LogP contribution is 2.58. The van der Waals surface area contributed by atoms with Gasteiger partial charge in [-0.15, -0.1) is 0 Å². The Morgan fingerprint density at radius 1 is 1.11 bits per heavy atom. The normalized spacial score (nSPS) is 35.3. The predicted octanol–water partition coefficient (Wildman–Crippen LogP) is 1.01. The summed E-state index contributed by atoms with van der Waals surface area (Å²) in [6.45, 7) is 0.424. The average molecular weight is 133 g/mol. The second-order valence-corrected chi connectivity index (χ2v) is 3.09. The van der Waals surface area contributed by atoms with Gasteiger partial charge in [0.2, 0.25) is 0 Å². The van der Waals surface area contributed by atoms with E-state index in [4.69, 9.17) is 0 Å². The standard InChI is InChI=1S/C6H9F2N/c7-6(8)4-9-3-5(6)1-2-5/h9H,1-4H2. The Bertz CT molecular complexity index is 136. The average Bonchev–Trinajstić information content (AvgIpc) is 2.41. The number of alkyl halides is 2. The van der Waals surface area contributed by atoms with Crippen LogP contribution < -0.4 is 5.32 Å². The van der Waals surface area contributed by atoms with E-state index in [2.05, 4.69) is 5.32 Å². The Kier molecular flexibility index (Phi) is 0.799. The van der Waals surface area contributed by atoms with Gasteiger partial charge in [-0.2, -0.15) is 0 Å². The van der Waals surface area contributed by atoms with Gasteiger partial charge in [0.05, 0.1) is 6.54 Å². The molecule has 52 valence electrons. The zero-order valence-corrected chi connectivity index (χ0v) is 5.08. The summed E-state index contributed by atoms with van der Waals surface area (Å²) in [5.41, 5.74) is -0.604. The van der Waals surface area contributed by atoms with Gasteiger partial charge in [0, 0.05) is 12.0 Å². The smallest absolute Gasteiger partial charge is 0.267 e. The van der Waals surface area contributed by atoms with Crippen molar-refractivity contribution in [2.45, 2.75) is 18.8 Å². The number of hydrogen-bond acceptors (Lipinski definition) is 1. The van der Waals surface area contributed by atoms with Crippen molar-refractivity contribution in [1.82, 2.24) is 5.32 Å². The van der Waals surface area contributed by atoms with E-state index < -0.39 is 11.3 Å². The summed E-state index contributed by atoms with van der Waals surface area (Å²) in [5.74, 6) is -2.41. The molecule has 0 aromatic heterocycles. The first-order chi connectivity index (χ1) is 4.16. The van der Waals surface area contributed by atoms with Gasteiger partial charge in [-0.1, -0.05) is 0 Å². The van der Waals surface area contributed by atoms with Crippen molar-refractivity contribution in [3.63, 3.8) is 0 Å². The summed E-state index contributed by atoms with van der Waals surface area (Å²) in [4.78, 5) is 0. The van der Waals surface area contributed by atoms with Gasteiger partial charge in [0.1, 0.15) is 0 Å². The van der Waals surface area contributed by atoms with E-state index in [-0.39, 0.29) is 6.54 Å². The van der Waals surface area contributed by atoms with Crippen LogP contribution in [0.4, 0.5) is 8.78 Å². The quantitative estimate of drug-likeness (QED) is 0.520. The molecule has 1 spiro atoms. The van der Waals surface area contributed by atoms with Crippen molar-refractivity contribution in [2.24, 2.45) is 5.41 Å². The van der Waals surface area contributed by atoms with E-state index in [0.29, 0.717) is 19.4 Å². The molecule has 0 aromatic carbocycles. The molecule has 3 heteroatoms. The fraction of sp³-hybridized carbons (Fsp3) is 1.00. The summed E-state index contributed by atoms with van der Waals surface area (Å²) in [6, 6.07) is 0. The topological polar surface area (TPSA) is 12.0 Å². The molecule has 1 aliphatic carbocycles. The van der Waals surface area contributed by atoms with E-state index in [9.17, 15) is 8.78 Å². The van der Waals surface area contributed by atoms with Crippen LogP contribution in [0.5, 0.6) is 0 Å². The molecule has 0 amide bonds. The van der Waals surface area contributed by atoms with Gasteiger partial charge in [-0.05, 0) is 12.8 Å². The van der Waals surface area contributed by atoms with Crippen LogP contribution >= 0.6 is 0 Å². The highest BCUT2D eigenvalue weighted by molar-refractivity contribution is 5.10. The summed E-state index contributed by atoms with van der Waals surface area (Å²) in [5, 5.41) is 2.72. The molecule has 0 radical (unpaired) electrons. The molecule has 1 saturated carbocycles. The molecule has 1 saturated heterocycles. The molecule has 0 bridgehead atoms. The summed E-state index contributed by atoms with van der Waals surface area (Å²) < 4.78 is 25.4. The van der Waals surface area contributed by atoms with Crippen molar-refractivity contribution >= 4 is 0 Å². The minimum Gasteiger partial charge on any atom is -0.310 e. The molecule has 2 fully saturated rings. The SMILES string of the molecule is FC1(F)CNCC12CC2. The third-order valence-electron chi connectivity index (χ3n) is 2.44. The van der Waals surface area contributed by atoms with Crippen molar-refractivity contribution in [2.75, 3.05) is 13.1 Å². The zero-order chi connectivity index (χ0) is 6.54. The number of rotatable bonds is 0. The van der Waals surface area contributed by atoms with Crippen molar-refractivity contribution in [1.29, 1.82) is 0 Å². The molecule has 1 N–H and O–H groups in total. The van der Waals surface area contributed by atoms with E-state index in [1.165, 1.54) is 0 Å². The van der Waals surface area contributed by atoms with Crippen molar-refractivity contribution in [3.8, 4) is 0 Å². The lowest BCUT2D eigenvalue weighted by molar-refractivity contribution is -0.0341. The van der Waals surface area contributed by atoms with Gasteiger partial charge >= 0.3 is 0 Å². The second kappa shape index (κ2) is 1.29. The van der Waals surface area contributed by atoms with E-state index in [0.717, 1.165) is 0 Å². The van der Waals surface area contributed by atoms with Crippen molar-refractivity contribution < 1.29 is 8.78 Å². The van der Waals surface area contributed by atoms with Gasteiger partial charge in [-0.3, -0.25) is 0 Å². The van der Waals surface area contributed by atoms with Gasteiger partial charge in [-0.25, -0.2) is 8.78 Å². The summed E-state index contributed by atoms with van der Waals surface area (Å²) >= 11 is 0. The predicted molar refractivity (Wildman–Crippen MR) is 29.5 cm³/mol. The monoisotopic (exact) mass is 133 g/mol. The Morgan fingerprint density at radius 3 is 2.00 bits per heavy atom. The van der Waals surface area contributed by atoms with Crippen LogP contribution in [-0.2, 0) is 0 Å². The number of halogens is 2. The Balaban J connectivity index is 2.23. The number of nitrogens with one attached hydrogen (secondary N) is 1. The summed E-state index contributed by atoms with van der Waals surface area (Å²) in [7, 11) is 0. The fourth-order valence-electron chi connectivity index (χ4n) is 1.47. The fourth-order valence-corrected chi connectivity index (χ4v) is 1.47. The largest absolute Gasteiger partial charge is 0.310 e. The molecule has 1 nitrogen and oxygen atoms in total. The minimum absolute atomic E-state index is 0.104. The molecule has 9 heavy (non-hydrogen) atoms. The van der Waals surface area contributed by atoms with Crippen LogP contribution in [0.3, 0.4) is 0 Å². The van der Waals surface area contributed by atoms with E-state index in [1.807, 2.05) is 0 Å². The zero-order valence-electron chi connectivity index (χ0n) is 5.08. The molecule has 2 rings (SSSR count). The van der Waals surface area contributed by atoms with Crippen molar-refractivity contribution in [3.05, 3.63) is 0 Å². The molecule has 0 aromatic rings. The Hall–Kier alpha value is -0.180. The van der Waals surface area contributed by atoms with E-state index >= 15 is 0 Å². The first-order valence-corrected chi connectivity index (χ1v) is 3.25. The lowest BCUT2D eigenvalue weighted by Gasteiger charge is -2.14. The number of hydrogen-bond donors (Lipinski definition) is 1. The lowest BCUT2D eigenvalue weighted by Crippen LogP contribution is -2.27. The highest BCUT2D eigenvalue weighted by Gasteiger charge is 2.64. The van der Waals surface area contributed by atoms with Crippen LogP contribution in [-0.4, -0.2) is 19.0 Å². The Morgan fingerprint density at radius 2 is 1.78 bits per heavy atom. The van der Waals surface area contributed by atoms with Gasteiger partial charge in [0.25, 0.3) is 5.92 Å². The third kappa shape index (κ3) is 0.556. The molecule has 1 heterocycles. The van der Waals surface area contributed by atoms with Gasteiger partial charge < -0.3 is 5.32 Å². The Labute approximate surface area is 52.4 Å². The first-order valence-electron chi connectivity index (χ1n) is 3.25. The highest BCUT2D eigenvalue weighted by atomic mass is 19.3. The first kappa shape index (κ1) is 5.59. The molecule has 0 atom stereocenters. The van der Waals surface area contributed by atoms with Gasteiger partial charge in [0.15, 0.2) is 0 Å². The lowest BCUT2D eigenvalue weighted by atomic mass is 10.0. The molecule has 2 aliphatic rings. The van der Waals surface area contributed by atoms with Crippen LogP contribution in [0.1, 0.15) is 12.8 Å². The van der Waals surface area contributed by atoms with Crippen LogP contribution in [0.25, 0.3) is 0 Å². The summed E-state index contributed by atoms with van der Waals surface area (Å²) in [6.07, 6.45) is 1.43.